The van der Waals surface area contributed by atoms with Gasteiger partial charge in [0.1, 0.15) is 12.4 Å². The summed E-state index contributed by atoms with van der Waals surface area (Å²) in [5.74, 6) is 0.405. The lowest BCUT2D eigenvalue weighted by molar-refractivity contribution is -0.114. The number of ether oxygens (including phenoxy) is 1. The quantitative estimate of drug-likeness (QED) is 0.831. The van der Waals surface area contributed by atoms with Crippen LogP contribution in [0.4, 0.5) is 0 Å². The highest BCUT2D eigenvalue weighted by molar-refractivity contribution is 6.06. The molecular weight excluding hydrogens is 226 g/mol. The van der Waals surface area contributed by atoms with E-state index in [9.17, 15) is 4.79 Å². The SMILES string of the molecule is CC1=C(C(N)=O)COc2ccc3ccccc3c21. The number of fused-ring (bicyclic) bond motifs is 3. The van der Waals surface area contributed by atoms with Crippen LogP contribution >= 0.6 is 0 Å². The molecule has 2 aromatic rings. The minimum absolute atomic E-state index is 0.256. The predicted octanol–water partition coefficient (Wildman–Crippen LogP) is 2.49. The van der Waals surface area contributed by atoms with Crippen LogP contribution in [0, 0.1) is 0 Å². The topological polar surface area (TPSA) is 52.3 Å². The first-order valence-electron chi connectivity index (χ1n) is 5.83. The number of hydrogen-bond donors (Lipinski definition) is 1. The predicted molar refractivity (Wildman–Crippen MR) is 71.2 cm³/mol. The fraction of sp³-hybridized carbons (Fsp3) is 0.133. The second kappa shape index (κ2) is 3.88. The molecule has 1 heterocycles. The van der Waals surface area contributed by atoms with Gasteiger partial charge in [-0.15, -0.1) is 0 Å². The van der Waals surface area contributed by atoms with Gasteiger partial charge in [-0.3, -0.25) is 4.79 Å². The molecule has 0 saturated carbocycles. The standard InChI is InChI=1S/C15H13NO2/c1-9-12(15(16)17)8-18-13-7-6-10-4-2-3-5-11(10)14(9)13/h2-7H,8H2,1H3,(H2,16,17). The number of rotatable bonds is 1. The maximum atomic E-state index is 11.4. The van der Waals surface area contributed by atoms with Crippen molar-refractivity contribution in [1.29, 1.82) is 0 Å². The van der Waals surface area contributed by atoms with Gasteiger partial charge in [0.25, 0.3) is 0 Å². The molecule has 0 saturated heterocycles. The number of amides is 1. The molecule has 3 nitrogen and oxygen atoms in total. The molecule has 0 fully saturated rings. The molecule has 0 aliphatic carbocycles. The summed E-state index contributed by atoms with van der Waals surface area (Å²) >= 11 is 0. The highest BCUT2D eigenvalue weighted by Crippen LogP contribution is 2.38. The highest BCUT2D eigenvalue weighted by atomic mass is 16.5. The number of allylic oxidation sites excluding steroid dienone is 1. The van der Waals surface area contributed by atoms with E-state index in [0.29, 0.717) is 5.57 Å². The van der Waals surface area contributed by atoms with Crippen molar-refractivity contribution in [2.24, 2.45) is 5.73 Å². The van der Waals surface area contributed by atoms with E-state index in [1.807, 2.05) is 43.3 Å². The van der Waals surface area contributed by atoms with Gasteiger partial charge in [-0.1, -0.05) is 30.3 Å². The molecule has 0 aromatic heterocycles. The molecule has 1 aliphatic heterocycles. The normalized spacial score (nSPS) is 14.3. The maximum Gasteiger partial charge on any atom is 0.248 e. The first-order chi connectivity index (χ1) is 8.68. The molecule has 3 heteroatoms. The Morgan fingerprint density at radius 1 is 1.22 bits per heavy atom. The average molecular weight is 239 g/mol. The monoisotopic (exact) mass is 239 g/mol. The summed E-state index contributed by atoms with van der Waals surface area (Å²) in [5.41, 5.74) is 7.83. The Kier molecular flexibility index (Phi) is 2.33. The van der Waals surface area contributed by atoms with Crippen molar-refractivity contribution in [2.45, 2.75) is 6.92 Å². The lowest BCUT2D eigenvalue weighted by Crippen LogP contribution is -2.23. The Labute approximate surface area is 105 Å². The van der Waals surface area contributed by atoms with Crippen molar-refractivity contribution in [3.05, 3.63) is 47.5 Å². The summed E-state index contributed by atoms with van der Waals surface area (Å²) in [7, 11) is 0. The van der Waals surface area contributed by atoms with Crippen LogP contribution in [0.5, 0.6) is 5.75 Å². The number of carbonyl (C=O) groups excluding carboxylic acids is 1. The van der Waals surface area contributed by atoms with Crippen LogP contribution in [0.2, 0.25) is 0 Å². The van der Waals surface area contributed by atoms with Crippen LogP contribution in [0.3, 0.4) is 0 Å². The third kappa shape index (κ3) is 1.48. The van der Waals surface area contributed by atoms with Crippen molar-refractivity contribution >= 4 is 22.3 Å². The molecule has 90 valence electrons. The molecule has 3 rings (SSSR count). The van der Waals surface area contributed by atoms with E-state index in [-0.39, 0.29) is 6.61 Å². The van der Waals surface area contributed by atoms with Gasteiger partial charge in [0, 0.05) is 5.56 Å². The van der Waals surface area contributed by atoms with Crippen molar-refractivity contribution in [2.75, 3.05) is 6.61 Å². The average Bonchev–Trinajstić information content (AvgIpc) is 2.38. The van der Waals surface area contributed by atoms with Gasteiger partial charge in [0.15, 0.2) is 0 Å². The van der Waals surface area contributed by atoms with Crippen LogP contribution in [0.25, 0.3) is 16.3 Å². The lowest BCUT2D eigenvalue weighted by atomic mass is 9.93. The fourth-order valence-electron chi connectivity index (χ4n) is 2.42. The minimum Gasteiger partial charge on any atom is -0.488 e. The highest BCUT2D eigenvalue weighted by Gasteiger charge is 2.22. The van der Waals surface area contributed by atoms with Gasteiger partial charge in [-0.25, -0.2) is 0 Å². The van der Waals surface area contributed by atoms with Gasteiger partial charge in [-0.2, -0.15) is 0 Å². The Morgan fingerprint density at radius 3 is 2.78 bits per heavy atom. The zero-order valence-corrected chi connectivity index (χ0v) is 10.1. The van der Waals surface area contributed by atoms with E-state index >= 15 is 0 Å². The molecule has 0 unspecified atom stereocenters. The van der Waals surface area contributed by atoms with E-state index in [0.717, 1.165) is 27.7 Å². The zero-order chi connectivity index (χ0) is 12.7. The number of primary amides is 1. The van der Waals surface area contributed by atoms with E-state index in [4.69, 9.17) is 10.5 Å². The first kappa shape index (κ1) is 10.8. The number of nitrogens with two attached hydrogens (primary N) is 1. The first-order valence-corrected chi connectivity index (χ1v) is 5.83. The van der Waals surface area contributed by atoms with Gasteiger partial charge >= 0.3 is 0 Å². The largest absolute Gasteiger partial charge is 0.488 e. The summed E-state index contributed by atoms with van der Waals surface area (Å²) < 4.78 is 5.62. The van der Waals surface area contributed by atoms with Crippen LogP contribution in [0.15, 0.2) is 42.0 Å². The van der Waals surface area contributed by atoms with Gasteiger partial charge in [0.2, 0.25) is 5.91 Å². The van der Waals surface area contributed by atoms with Crippen molar-refractivity contribution in [3.63, 3.8) is 0 Å². The van der Waals surface area contributed by atoms with Crippen molar-refractivity contribution in [3.8, 4) is 5.75 Å². The molecule has 0 bridgehead atoms. The molecule has 1 amide bonds. The molecule has 0 spiro atoms. The van der Waals surface area contributed by atoms with Gasteiger partial charge in [-0.05, 0) is 29.3 Å². The summed E-state index contributed by atoms with van der Waals surface area (Å²) in [6.07, 6.45) is 0. The van der Waals surface area contributed by atoms with Crippen LogP contribution < -0.4 is 10.5 Å². The van der Waals surface area contributed by atoms with Crippen LogP contribution in [0.1, 0.15) is 12.5 Å². The fourth-order valence-corrected chi connectivity index (χ4v) is 2.42. The zero-order valence-electron chi connectivity index (χ0n) is 10.1. The summed E-state index contributed by atoms with van der Waals surface area (Å²) in [5, 5.41) is 2.22. The van der Waals surface area contributed by atoms with Crippen LogP contribution in [-0.2, 0) is 4.79 Å². The Hall–Kier alpha value is -2.29. The van der Waals surface area contributed by atoms with Crippen molar-refractivity contribution < 1.29 is 9.53 Å². The van der Waals surface area contributed by atoms with E-state index in [2.05, 4.69) is 0 Å². The summed E-state index contributed by atoms with van der Waals surface area (Å²) in [6.45, 7) is 2.18. The third-order valence-corrected chi connectivity index (χ3v) is 3.39. The van der Waals surface area contributed by atoms with Crippen LogP contribution in [-0.4, -0.2) is 12.5 Å². The van der Waals surface area contributed by atoms with E-state index in [1.165, 1.54) is 0 Å². The lowest BCUT2D eigenvalue weighted by Gasteiger charge is -2.22. The smallest absolute Gasteiger partial charge is 0.248 e. The number of benzene rings is 2. The summed E-state index contributed by atoms with van der Waals surface area (Å²) in [4.78, 5) is 11.4. The second-order valence-electron chi connectivity index (χ2n) is 4.42. The molecule has 18 heavy (non-hydrogen) atoms. The Morgan fingerprint density at radius 2 is 2.00 bits per heavy atom. The third-order valence-electron chi connectivity index (χ3n) is 3.39. The summed E-state index contributed by atoms with van der Waals surface area (Å²) in [6, 6.07) is 12.0. The number of carbonyl (C=O) groups is 1. The Balaban J connectivity index is 2.37. The van der Waals surface area contributed by atoms with Gasteiger partial charge in [0.05, 0.1) is 5.57 Å². The van der Waals surface area contributed by atoms with E-state index in [1.54, 1.807) is 0 Å². The molecule has 2 aromatic carbocycles. The van der Waals surface area contributed by atoms with Crippen molar-refractivity contribution in [1.82, 2.24) is 0 Å². The molecular formula is C15H13NO2. The van der Waals surface area contributed by atoms with E-state index < -0.39 is 5.91 Å². The number of hydrogen-bond acceptors (Lipinski definition) is 2. The molecule has 0 radical (unpaired) electrons. The maximum absolute atomic E-state index is 11.4. The molecule has 1 aliphatic rings. The molecule has 0 atom stereocenters. The van der Waals surface area contributed by atoms with Gasteiger partial charge < -0.3 is 10.5 Å². The second-order valence-corrected chi connectivity index (χ2v) is 4.42. The molecule has 2 N–H and O–H groups in total. The minimum atomic E-state index is -0.411. The Bertz CT molecular complexity index is 686.